The molecule has 0 aliphatic rings. The van der Waals surface area contributed by atoms with Gasteiger partial charge in [-0.2, -0.15) is 26.3 Å². The fourth-order valence-electron chi connectivity index (χ4n) is 1.81. The van der Waals surface area contributed by atoms with E-state index in [0.29, 0.717) is 16.6 Å². The van der Waals surface area contributed by atoms with Crippen LogP contribution in [0.2, 0.25) is 0 Å². The molecule has 0 heterocycles. The van der Waals surface area contributed by atoms with Crippen molar-refractivity contribution < 1.29 is 26.3 Å². The van der Waals surface area contributed by atoms with Gasteiger partial charge in [-0.1, -0.05) is 34.1 Å². The van der Waals surface area contributed by atoms with Crippen LogP contribution in [0.15, 0.2) is 46.9 Å². The molecule has 0 saturated carbocycles. The SMILES string of the molecule is FC(F)(F)c1cc(-c2ccccc2Br)cc(C(F)(F)F)c1. The van der Waals surface area contributed by atoms with Gasteiger partial charge in [-0.05, 0) is 35.4 Å². The number of alkyl halides is 6. The highest BCUT2D eigenvalue weighted by molar-refractivity contribution is 9.10. The summed E-state index contributed by atoms with van der Waals surface area (Å²) in [6.45, 7) is 0. The van der Waals surface area contributed by atoms with Gasteiger partial charge in [0.25, 0.3) is 0 Å². The van der Waals surface area contributed by atoms with Crippen LogP contribution in [0, 0.1) is 0 Å². The Hall–Kier alpha value is -1.50. The third-order valence-corrected chi connectivity index (χ3v) is 3.46. The van der Waals surface area contributed by atoms with Gasteiger partial charge in [0.1, 0.15) is 0 Å². The minimum absolute atomic E-state index is 0.111. The van der Waals surface area contributed by atoms with Crippen LogP contribution in [0.25, 0.3) is 11.1 Å². The van der Waals surface area contributed by atoms with Gasteiger partial charge in [0.05, 0.1) is 11.1 Å². The van der Waals surface area contributed by atoms with Gasteiger partial charge in [-0.25, -0.2) is 0 Å². The fourth-order valence-corrected chi connectivity index (χ4v) is 2.32. The number of rotatable bonds is 1. The summed E-state index contributed by atoms with van der Waals surface area (Å²) in [6.07, 6.45) is -9.70. The zero-order valence-corrected chi connectivity index (χ0v) is 11.8. The summed E-state index contributed by atoms with van der Waals surface area (Å²) in [7, 11) is 0. The van der Waals surface area contributed by atoms with E-state index in [1.807, 2.05) is 0 Å². The monoisotopic (exact) mass is 368 g/mol. The first-order valence-electron chi connectivity index (χ1n) is 5.63. The van der Waals surface area contributed by atoms with E-state index >= 15 is 0 Å². The van der Waals surface area contributed by atoms with Crippen LogP contribution >= 0.6 is 15.9 Å². The van der Waals surface area contributed by atoms with E-state index in [0.717, 1.165) is 0 Å². The van der Waals surface area contributed by atoms with Crippen molar-refractivity contribution in [2.75, 3.05) is 0 Å². The maximum Gasteiger partial charge on any atom is 0.416 e. The zero-order chi connectivity index (χ0) is 15.8. The second-order valence-corrected chi connectivity index (χ2v) is 5.13. The van der Waals surface area contributed by atoms with Crippen LogP contribution in [0.1, 0.15) is 11.1 Å². The van der Waals surface area contributed by atoms with Gasteiger partial charge in [0.15, 0.2) is 0 Å². The van der Waals surface area contributed by atoms with Crippen molar-refractivity contribution >= 4 is 15.9 Å². The molecule has 0 fully saturated rings. The maximum absolute atomic E-state index is 12.8. The number of halogens is 7. The molecule has 0 nitrogen and oxygen atoms in total. The van der Waals surface area contributed by atoms with Crippen LogP contribution in [0.4, 0.5) is 26.3 Å². The van der Waals surface area contributed by atoms with Gasteiger partial charge >= 0.3 is 12.4 Å². The number of hydrogen-bond donors (Lipinski definition) is 0. The lowest BCUT2D eigenvalue weighted by Crippen LogP contribution is -2.11. The largest absolute Gasteiger partial charge is 0.416 e. The lowest BCUT2D eigenvalue weighted by molar-refractivity contribution is -0.143. The Morgan fingerprint density at radius 3 is 1.62 bits per heavy atom. The van der Waals surface area contributed by atoms with Crippen molar-refractivity contribution in [1.29, 1.82) is 0 Å². The van der Waals surface area contributed by atoms with Gasteiger partial charge < -0.3 is 0 Å². The van der Waals surface area contributed by atoms with E-state index in [1.165, 1.54) is 12.1 Å². The summed E-state index contributed by atoms with van der Waals surface area (Å²) in [5.74, 6) is 0. The molecule has 0 bridgehead atoms. The lowest BCUT2D eigenvalue weighted by Gasteiger charge is -2.15. The van der Waals surface area contributed by atoms with Gasteiger partial charge in [0, 0.05) is 4.47 Å². The molecule has 0 aliphatic heterocycles. The van der Waals surface area contributed by atoms with E-state index < -0.39 is 23.5 Å². The topological polar surface area (TPSA) is 0 Å². The van der Waals surface area contributed by atoms with Crippen LogP contribution < -0.4 is 0 Å². The molecule has 7 heteroatoms. The van der Waals surface area contributed by atoms with E-state index in [2.05, 4.69) is 15.9 Å². The first-order valence-corrected chi connectivity index (χ1v) is 6.43. The number of benzene rings is 2. The average molecular weight is 369 g/mol. The van der Waals surface area contributed by atoms with E-state index in [1.54, 1.807) is 12.1 Å². The summed E-state index contributed by atoms with van der Waals surface area (Å²) in [5, 5.41) is 0. The standard InChI is InChI=1S/C14H7BrF6/c15-12-4-2-1-3-11(12)8-5-9(13(16,17)18)7-10(6-8)14(19,20)21/h1-7H. The molecule has 2 rings (SSSR count). The van der Waals surface area contributed by atoms with E-state index in [-0.39, 0.29) is 17.2 Å². The molecule has 0 radical (unpaired) electrons. The van der Waals surface area contributed by atoms with Crippen LogP contribution in [0.3, 0.4) is 0 Å². The molecule has 0 atom stereocenters. The third kappa shape index (κ3) is 3.58. The summed E-state index contributed by atoms with van der Waals surface area (Å²) in [4.78, 5) is 0. The Balaban J connectivity index is 2.70. The zero-order valence-electron chi connectivity index (χ0n) is 10.2. The molecular formula is C14H7BrF6. The summed E-state index contributed by atoms with van der Waals surface area (Å²) >= 11 is 3.12. The van der Waals surface area contributed by atoms with Gasteiger partial charge in [-0.15, -0.1) is 0 Å². The predicted octanol–water partition coefficient (Wildman–Crippen LogP) is 6.15. The van der Waals surface area contributed by atoms with Gasteiger partial charge in [0.2, 0.25) is 0 Å². The molecule has 21 heavy (non-hydrogen) atoms. The van der Waals surface area contributed by atoms with Gasteiger partial charge in [-0.3, -0.25) is 0 Å². The van der Waals surface area contributed by atoms with E-state index in [9.17, 15) is 26.3 Å². The highest BCUT2D eigenvalue weighted by Crippen LogP contribution is 2.39. The lowest BCUT2D eigenvalue weighted by atomic mass is 9.99. The molecule has 0 aliphatic carbocycles. The van der Waals surface area contributed by atoms with Crippen molar-refractivity contribution in [3.05, 3.63) is 58.1 Å². The third-order valence-electron chi connectivity index (χ3n) is 2.77. The van der Waals surface area contributed by atoms with Crippen LogP contribution in [-0.2, 0) is 12.4 Å². The van der Waals surface area contributed by atoms with Crippen molar-refractivity contribution in [2.24, 2.45) is 0 Å². The molecule has 0 amide bonds. The summed E-state index contributed by atoms with van der Waals surface area (Å²) < 4.78 is 77.1. The minimum atomic E-state index is -4.85. The highest BCUT2D eigenvalue weighted by Gasteiger charge is 2.37. The Kier molecular flexibility index (Phi) is 4.06. The molecule has 2 aromatic rings. The fraction of sp³-hybridized carbons (Fsp3) is 0.143. The Bertz CT molecular complexity index is 625. The highest BCUT2D eigenvalue weighted by atomic mass is 79.9. The van der Waals surface area contributed by atoms with Crippen molar-refractivity contribution in [3.63, 3.8) is 0 Å². The molecular weight excluding hydrogens is 362 g/mol. The van der Waals surface area contributed by atoms with Crippen molar-refractivity contribution in [1.82, 2.24) is 0 Å². The minimum Gasteiger partial charge on any atom is -0.166 e. The molecule has 0 saturated heterocycles. The average Bonchev–Trinajstić information content (AvgIpc) is 2.36. The maximum atomic E-state index is 12.8. The normalized spacial score (nSPS) is 12.5. The predicted molar refractivity (Wildman–Crippen MR) is 69.6 cm³/mol. The molecule has 2 aromatic carbocycles. The molecule has 0 spiro atoms. The molecule has 0 N–H and O–H groups in total. The molecule has 0 aromatic heterocycles. The smallest absolute Gasteiger partial charge is 0.166 e. The Labute approximate surface area is 124 Å². The quantitative estimate of drug-likeness (QED) is 0.529. The van der Waals surface area contributed by atoms with Crippen molar-refractivity contribution in [3.8, 4) is 11.1 Å². The van der Waals surface area contributed by atoms with Crippen LogP contribution in [-0.4, -0.2) is 0 Å². The number of hydrogen-bond acceptors (Lipinski definition) is 0. The second-order valence-electron chi connectivity index (χ2n) is 4.27. The molecule has 112 valence electrons. The molecule has 0 unspecified atom stereocenters. The Morgan fingerprint density at radius 2 is 1.19 bits per heavy atom. The van der Waals surface area contributed by atoms with E-state index in [4.69, 9.17) is 0 Å². The summed E-state index contributed by atoms with van der Waals surface area (Å²) in [5.41, 5.74) is -2.55. The van der Waals surface area contributed by atoms with Crippen LogP contribution in [0.5, 0.6) is 0 Å². The second kappa shape index (κ2) is 5.36. The Morgan fingerprint density at radius 1 is 0.714 bits per heavy atom. The first kappa shape index (κ1) is 15.9. The first-order chi connectivity index (χ1) is 9.59. The van der Waals surface area contributed by atoms with Crippen molar-refractivity contribution in [2.45, 2.75) is 12.4 Å². The summed E-state index contributed by atoms with van der Waals surface area (Å²) in [6, 6.07) is 7.66.